The Morgan fingerprint density at radius 1 is 0.741 bits per heavy atom. The van der Waals surface area contributed by atoms with Gasteiger partial charge in [0.1, 0.15) is 0 Å². The zero-order chi connectivity index (χ0) is 20.9. The number of hydrogen-bond acceptors (Lipinski definition) is 2. The molecule has 0 radical (unpaired) electrons. The average Bonchev–Trinajstić information content (AvgIpc) is 3.03. The van der Waals surface area contributed by atoms with E-state index in [1.54, 1.807) is 3.27 Å². The standard InChI is InChI=1S/C12H20N.C6H8N.2C2H6N.Zr/c1-11(2,3)9-7-8-10(13-9)12(4,5)6;1-5-3-4-6(2)7-5;2*1-3-2;/h7,13H,1-6H3;3,7H,1-2H3;2*1-2H3;/q;;2*-1;+2. The van der Waals surface area contributed by atoms with Gasteiger partial charge in [0, 0.05) is 0 Å². The van der Waals surface area contributed by atoms with Crippen molar-refractivity contribution >= 4 is 6.54 Å². The number of aromatic amines is 2. The van der Waals surface area contributed by atoms with E-state index in [4.69, 9.17) is 0 Å². The molecule has 0 atom stereocenters. The van der Waals surface area contributed by atoms with Gasteiger partial charge >= 0.3 is 172 Å². The number of nitrogens with zero attached hydrogens (tertiary/aromatic N) is 2. The molecule has 0 saturated heterocycles. The van der Waals surface area contributed by atoms with E-state index in [-0.39, 0.29) is 10.8 Å². The first kappa shape index (κ1) is 22.7. The predicted octanol–water partition coefficient (Wildman–Crippen LogP) is 3.61. The van der Waals surface area contributed by atoms with Crippen molar-refractivity contribution in [1.82, 2.24) is 15.7 Å². The van der Waals surface area contributed by atoms with Crippen LogP contribution < -0.4 is 6.54 Å². The van der Waals surface area contributed by atoms with Crippen molar-refractivity contribution < 1.29 is 20.8 Å². The molecule has 2 N–H and O–H groups in total. The van der Waals surface area contributed by atoms with Crippen molar-refractivity contribution in [2.75, 3.05) is 28.2 Å². The van der Waals surface area contributed by atoms with Gasteiger partial charge in [-0.1, -0.05) is 0 Å². The number of aryl methyl sites for hydroxylation is 2. The van der Waals surface area contributed by atoms with Crippen LogP contribution in [0.1, 0.15) is 64.3 Å². The molecule has 5 heteroatoms. The summed E-state index contributed by atoms with van der Waals surface area (Å²) in [6.07, 6.45) is 0. The minimum absolute atomic E-state index is 0.0618. The Labute approximate surface area is 171 Å². The Morgan fingerprint density at radius 2 is 1.26 bits per heavy atom. The van der Waals surface area contributed by atoms with E-state index >= 15 is 0 Å². The van der Waals surface area contributed by atoms with Crippen molar-refractivity contribution in [1.29, 1.82) is 0 Å². The predicted molar refractivity (Wildman–Crippen MR) is 115 cm³/mol. The van der Waals surface area contributed by atoms with E-state index in [1.807, 2.05) is 0 Å². The molecule has 0 fully saturated rings. The van der Waals surface area contributed by atoms with Crippen molar-refractivity contribution in [3.63, 3.8) is 0 Å². The molecule has 0 unspecified atom stereocenters. The quantitative estimate of drug-likeness (QED) is 0.745. The number of nitrogens with one attached hydrogen (secondary N) is 2. The molecule has 152 valence electrons. The average molecular weight is 452 g/mol. The third-order valence-electron chi connectivity index (χ3n) is 5.57. The fourth-order valence-electron chi connectivity index (χ4n) is 4.32. The van der Waals surface area contributed by atoms with Crippen LogP contribution in [0.15, 0.2) is 12.1 Å². The number of hydrogen-bond donors (Lipinski definition) is 2. The molecule has 0 aliphatic rings. The summed E-state index contributed by atoms with van der Waals surface area (Å²) < 4.78 is 8.16. The first-order valence-electron chi connectivity index (χ1n) is 9.89. The van der Waals surface area contributed by atoms with Gasteiger partial charge in [-0.15, -0.1) is 0 Å². The first-order chi connectivity index (χ1) is 12.1. The van der Waals surface area contributed by atoms with Gasteiger partial charge in [0.15, 0.2) is 0 Å². The molecule has 0 spiro atoms. The van der Waals surface area contributed by atoms with Gasteiger partial charge in [-0.25, -0.2) is 0 Å². The van der Waals surface area contributed by atoms with Crippen molar-refractivity contribution in [3.05, 3.63) is 34.9 Å². The van der Waals surface area contributed by atoms with Crippen LogP contribution in [-0.2, 0) is 31.7 Å². The van der Waals surface area contributed by atoms with E-state index in [0.29, 0.717) is 0 Å². The molecule has 2 heterocycles. The molecule has 2 rings (SSSR count). The van der Waals surface area contributed by atoms with Crippen LogP contribution in [0.25, 0.3) is 0 Å². The zero-order valence-corrected chi connectivity index (χ0v) is 22.0. The summed E-state index contributed by atoms with van der Waals surface area (Å²) >= 11 is -3.34. The number of rotatable bonds is 4. The second-order valence-electron chi connectivity index (χ2n) is 10.4. The summed E-state index contributed by atoms with van der Waals surface area (Å²) in [5, 5.41) is 0. The molecule has 0 aliphatic heterocycles. The molecule has 0 amide bonds. The van der Waals surface area contributed by atoms with Gasteiger partial charge in [0.05, 0.1) is 0 Å². The SMILES string of the molecule is Cc1c[c]([Zr]([c]2cc(C(C)(C)C)[nH]c2C(C)(C)C)([N](C)C)[N](C)C)c(C)[nH]1. The molecule has 0 aliphatic carbocycles. The van der Waals surface area contributed by atoms with Gasteiger partial charge in [-0.2, -0.15) is 0 Å². The van der Waals surface area contributed by atoms with Crippen LogP contribution in [-0.4, -0.2) is 43.8 Å². The maximum absolute atomic E-state index is 3.86. The molecule has 0 bridgehead atoms. The normalized spacial score (nSPS) is 13.9. The summed E-state index contributed by atoms with van der Waals surface area (Å²) in [5.41, 5.74) is 5.44. The summed E-state index contributed by atoms with van der Waals surface area (Å²) in [6.45, 7) is 18.3. The van der Waals surface area contributed by atoms with Crippen LogP contribution in [0.4, 0.5) is 0 Å². The summed E-state index contributed by atoms with van der Waals surface area (Å²) in [5.74, 6) is 0. The van der Waals surface area contributed by atoms with Crippen molar-refractivity contribution in [2.45, 2.75) is 66.2 Å². The summed E-state index contributed by atoms with van der Waals surface area (Å²) in [4.78, 5) is 7.44. The first-order valence-corrected chi connectivity index (χ1v) is 14.5. The van der Waals surface area contributed by atoms with E-state index in [9.17, 15) is 0 Å². The van der Waals surface area contributed by atoms with Crippen molar-refractivity contribution in [3.8, 4) is 0 Å². The van der Waals surface area contributed by atoms with Gasteiger partial charge < -0.3 is 0 Å². The van der Waals surface area contributed by atoms with Crippen LogP contribution in [0.5, 0.6) is 0 Å². The van der Waals surface area contributed by atoms with Crippen LogP contribution >= 0.6 is 0 Å². The second kappa shape index (κ2) is 7.32. The van der Waals surface area contributed by atoms with Gasteiger partial charge in [-0.3, -0.25) is 0 Å². The fourth-order valence-corrected chi connectivity index (χ4v) is 17.0. The summed E-state index contributed by atoms with van der Waals surface area (Å²) in [6, 6.07) is 4.88. The molecular formula is C22H40N4Zr. The Bertz CT molecular complexity index is 789. The van der Waals surface area contributed by atoms with Crippen LogP contribution in [0.3, 0.4) is 0 Å². The fraction of sp³-hybridized carbons (Fsp3) is 0.636. The van der Waals surface area contributed by atoms with Crippen LogP contribution in [0, 0.1) is 13.8 Å². The topological polar surface area (TPSA) is 38.1 Å². The molecule has 0 saturated carbocycles. The molecule has 4 nitrogen and oxygen atoms in total. The molecule has 0 aromatic carbocycles. The van der Waals surface area contributed by atoms with Crippen molar-refractivity contribution in [2.24, 2.45) is 0 Å². The molecule has 2 aromatic heterocycles. The van der Waals surface area contributed by atoms with E-state index in [1.165, 1.54) is 26.0 Å². The Balaban J connectivity index is 2.97. The molecular weight excluding hydrogens is 411 g/mol. The van der Waals surface area contributed by atoms with Gasteiger partial charge in [-0.05, 0) is 0 Å². The number of aromatic nitrogens is 2. The zero-order valence-electron chi connectivity index (χ0n) is 19.5. The third kappa shape index (κ3) is 3.93. The number of H-pyrrole nitrogens is 2. The molecule has 27 heavy (non-hydrogen) atoms. The Kier molecular flexibility index (Phi) is 6.14. The maximum atomic E-state index is 3.86. The van der Waals surface area contributed by atoms with E-state index in [0.717, 1.165) is 0 Å². The van der Waals surface area contributed by atoms with E-state index < -0.39 is 20.8 Å². The minimum atomic E-state index is -3.34. The Hall–Kier alpha value is -0.637. The molecule has 2 aromatic rings. The van der Waals surface area contributed by atoms with E-state index in [2.05, 4.69) is 111 Å². The van der Waals surface area contributed by atoms with Gasteiger partial charge in [0.2, 0.25) is 0 Å². The summed E-state index contributed by atoms with van der Waals surface area (Å²) in [7, 11) is 9.09. The third-order valence-corrected chi connectivity index (χ3v) is 17.9. The van der Waals surface area contributed by atoms with Gasteiger partial charge in [0.25, 0.3) is 0 Å². The van der Waals surface area contributed by atoms with Crippen LogP contribution in [0.2, 0.25) is 0 Å². The monoisotopic (exact) mass is 450 g/mol. The second-order valence-corrected chi connectivity index (χ2v) is 20.8. The Morgan fingerprint density at radius 3 is 1.59 bits per heavy atom.